The zero-order valence-electron chi connectivity index (χ0n) is 7.70. The van der Waals surface area contributed by atoms with E-state index in [9.17, 15) is 14.4 Å². The van der Waals surface area contributed by atoms with Crippen LogP contribution >= 0.6 is 35.8 Å². The molecule has 0 aromatic rings. The third-order valence-corrected chi connectivity index (χ3v) is 7.24. The van der Waals surface area contributed by atoms with Gasteiger partial charge in [-0.15, -0.1) is 11.8 Å². The summed E-state index contributed by atoms with van der Waals surface area (Å²) in [5.41, 5.74) is 0. The first-order chi connectivity index (χ1) is 7.24. The second-order valence-corrected chi connectivity index (χ2v) is 8.34. The molecule has 0 bridgehead atoms. The van der Waals surface area contributed by atoms with Gasteiger partial charge in [0.15, 0.2) is 0 Å². The van der Waals surface area contributed by atoms with Gasteiger partial charge in [-0.3, -0.25) is 4.52 Å². The normalized spacial score (nSPS) is 38.2. The molecule has 1 rings (SSSR count). The maximum Gasteiger partial charge on any atom is 0.651 e. The van der Waals surface area contributed by atoms with E-state index in [4.69, 9.17) is 9.79 Å². The van der Waals surface area contributed by atoms with E-state index in [0.29, 0.717) is 0 Å². The molecule has 2 unspecified atom stereocenters. The minimum Gasteiger partial charge on any atom is -0.271 e. The van der Waals surface area contributed by atoms with Crippen molar-refractivity contribution in [3.63, 3.8) is 0 Å². The van der Waals surface area contributed by atoms with E-state index in [2.05, 4.69) is 17.5 Å². The predicted octanol–water partition coefficient (Wildman–Crippen LogP) is 1.59. The van der Waals surface area contributed by atoms with Crippen LogP contribution in [0.15, 0.2) is 4.95 Å². The van der Waals surface area contributed by atoms with Gasteiger partial charge in [0.2, 0.25) is 4.95 Å². The largest absolute Gasteiger partial charge is 0.651 e. The third kappa shape index (κ3) is 3.90. The number of rotatable bonds is 4. The molecule has 0 amide bonds. The summed E-state index contributed by atoms with van der Waals surface area (Å²) in [5.74, 6) is -0.184. The van der Waals surface area contributed by atoms with Crippen molar-refractivity contribution in [2.45, 2.75) is 0 Å². The van der Waals surface area contributed by atoms with Gasteiger partial charge in [0.1, 0.15) is 5.94 Å². The Balaban J connectivity index is 2.87. The van der Waals surface area contributed by atoms with Crippen LogP contribution in [0.1, 0.15) is 0 Å². The van der Waals surface area contributed by atoms with Crippen LogP contribution in [0.2, 0.25) is 0 Å². The maximum absolute atomic E-state index is 11.6. The molecule has 1 aliphatic rings. The van der Waals surface area contributed by atoms with E-state index >= 15 is 0 Å². The molecule has 0 saturated carbocycles. The summed E-state index contributed by atoms with van der Waals surface area (Å²) in [6.07, 6.45) is 1.59. The van der Waals surface area contributed by atoms with E-state index in [0.717, 1.165) is 11.8 Å². The number of nitroso groups, excluding NO2 is 1. The molecule has 94 valence electrons. The molecule has 0 spiro atoms. The monoisotopic (exact) mass is 315 g/mol. The highest BCUT2D eigenvalue weighted by atomic mass is 32.2. The van der Waals surface area contributed by atoms with E-state index in [1.807, 2.05) is 4.95 Å². The fourth-order valence-electron chi connectivity index (χ4n) is 0.638. The molecule has 3 N–H and O–H groups in total. The topological polar surface area (TPSA) is 144 Å². The highest BCUT2D eigenvalue weighted by Gasteiger charge is 2.76. The minimum atomic E-state index is -4.65. The van der Waals surface area contributed by atoms with Crippen LogP contribution in [-0.4, -0.2) is 26.9 Å². The molecule has 1 saturated heterocycles. The molecule has 0 aromatic heterocycles. The van der Waals surface area contributed by atoms with Crippen LogP contribution in [0, 0.1) is 4.91 Å². The molecule has 10 nitrogen and oxygen atoms in total. The summed E-state index contributed by atoms with van der Waals surface area (Å²) in [6.45, 7) is 0. The number of hydrogen-bond acceptors (Lipinski definition) is 11. The molecule has 0 aromatic carbocycles. The van der Waals surface area contributed by atoms with E-state index in [-0.39, 0.29) is 5.94 Å². The second kappa shape index (κ2) is 5.17. The van der Waals surface area contributed by atoms with Gasteiger partial charge in [-0.2, -0.15) is 14.7 Å². The summed E-state index contributed by atoms with van der Waals surface area (Å²) in [6, 6.07) is 0. The first kappa shape index (κ1) is 14.8. The number of nitrogens with zero attached hydrogens (tertiary/aromatic N) is 1. The van der Waals surface area contributed by atoms with Gasteiger partial charge in [-0.25, -0.2) is 4.57 Å². The van der Waals surface area contributed by atoms with Crippen molar-refractivity contribution in [2.24, 2.45) is 4.95 Å². The van der Waals surface area contributed by atoms with Gasteiger partial charge in [0, 0.05) is 0 Å². The van der Waals surface area contributed by atoms with Crippen molar-refractivity contribution in [1.82, 2.24) is 0 Å². The van der Waals surface area contributed by atoms with Gasteiger partial charge in [-0.05, 0) is 14.9 Å². The highest BCUT2D eigenvalue weighted by molar-refractivity contribution is 7.98. The third-order valence-electron chi connectivity index (χ3n) is 1.06. The molecule has 16 heavy (non-hydrogen) atoms. The van der Waals surface area contributed by atoms with Crippen molar-refractivity contribution in [3.05, 3.63) is 4.91 Å². The second-order valence-electron chi connectivity index (χ2n) is 2.29. The smallest absolute Gasteiger partial charge is 0.271 e. The maximum atomic E-state index is 11.6. The zero-order valence-corrected chi connectivity index (χ0v) is 11.2. The molecular formula is C2H8NO9P3S+2. The molecule has 0 aliphatic carbocycles. The Labute approximate surface area is 95.1 Å². The lowest BCUT2D eigenvalue weighted by Crippen LogP contribution is -2.12. The Morgan fingerprint density at radius 3 is 2.56 bits per heavy atom. The quantitative estimate of drug-likeness (QED) is 0.397. The molecule has 1 heterocycles. The van der Waals surface area contributed by atoms with Crippen molar-refractivity contribution in [1.29, 1.82) is 0 Å². The van der Waals surface area contributed by atoms with E-state index < -0.39 is 24.1 Å². The van der Waals surface area contributed by atoms with Crippen LogP contribution < -0.4 is 0 Å². The fourth-order valence-corrected chi connectivity index (χ4v) is 6.55. The highest BCUT2D eigenvalue weighted by Crippen LogP contribution is 2.87. The van der Waals surface area contributed by atoms with Crippen LogP contribution in [0.3, 0.4) is 0 Å². The Morgan fingerprint density at radius 2 is 2.06 bits per heavy atom. The SMILES string of the molecule is CSCOP1(=O)O[P+](O)(O)O[P+](O)(N=O)O1. The summed E-state index contributed by atoms with van der Waals surface area (Å²) < 4.78 is 28.5. The number of thioether (sulfide) groups is 1. The molecule has 2 atom stereocenters. The summed E-state index contributed by atoms with van der Waals surface area (Å²) in [7, 11) is -13.7. The van der Waals surface area contributed by atoms with Gasteiger partial charge in [0.05, 0.1) is 4.31 Å². The first-order valence-corrected chi connectivity index (χ1v) is 9.34. The Kier molecular flexibility index (Phi) is 4.79. The van der Waals surface area contributed by atoms with Gasteiger partial charge >= 0.3 is 24.1 Å². The van der Waals surface area contributed by atoms with Crippen LogP contribution in [-0.2, 0) is 22.0 Å². The van der Waals surface area contributed by atoms with Crippen molar-refractivity contribution in [2.75, 3.05) is 12.2 Å². The summed E-state index contributed by atoms with van der Waals surface area (Å²) >= 11 is 1.08. The molecule has 1 fully saturated rings. The average Bonchev–Trinajstić information content (AvgIpc) is 2.11. The van der Waals surface area contributed by atoms with Crippen LogP contribution in [0.4, 0.5) is 0 Å². The fraction of sp³-hybridized carbons (Fsp3) is 1.00. The Hall–Kier alpha value is 0.760. The standard InChI is InChI=1S/C2H8NO9P3S/c1-16-2-9-15(8)11-13(5,3-4)10-14(6,7)12-15/h5-7H,2H2,1H3/q+2. The minimum absolute atomic E-state index is 0.184. The van der Waals surface area contributed by atoms with Crippen molar-refractivity contribution < 1.29 is 36.7 Å². The van der Waals surface area contributed by atoms with Crippen LogP contribution in [0.25, 0.3) is 0 Å². The van der Waals surface area contributed by atoms with Gasteiger partial charge in [0.25, 0.3) is 0 Å². The van der Waals surface area contributed by atoms with Gasteiger partial charge in [-0.1, -0.05) is 4.91 Å². The van der Waals surface area contributed by atoms with Crippen molar-refractivity contribution >= 4 is 35.8 Å². The van der Waals surface area contributed by atoms with Crippen LogP contribution in [0.5, 0.6) is 0 Å². The summed E-state index contributed by atoms with van der Waals surface area (Å²) in [5, 5.41) is 0. The lowest BCUT2D eigenvalue weighted by molar-refractivity contribution is 0.139. The number of hydrogen-bond donors (Lipinski definition) is 3. The lowest BCUT2D eigenvalue weighted by Gasteiger charge is -2.19. The number of phosphoric acid groups is 1. The molecule has 14 heteroatoms. The lowest BCUT2D eigenvalue weighted by atomic mass is 11.7. The molecule has 0 radical (unpaired) electrons. The molecular weight excluding hydrogens is 307 g/mol. The molecule has 1 aliphatic heterocycles. The first-order valence-electron chi connectivity index (χ1n) is 3.43. The Morgan fingerprint density at radius 1 is 1.44 bits per heavy atom. The van der Waals surface area contributed by atoms with Gasteiger partial charge < -0.3 is 0 Å². The van der Waals surface area contributed by atoms with E-state index in [1.165, 1.54) is 0 Å². The zero-order chi connectivity index (χ0) is 12.4. The predicted molar refractivity (Wildman–Crippen MR) is 56.6 cm³/mol. The average molecular weight is 315 g/mol. The Bertz CT molecular complexity index is 324. The van der Waals surface area contributed by atoms with E-state index in [1.54, 1.807) is 6.26 Å². The summed E-state index contributed by atoms with van der Waals surface area (Å²) in [4.78, 5) is 39.5. The van der Waals surface area contributed by atoms with Crippen molar-refractivity contribution in [3.8, 4) is 0 Å².